The lowest BCUT2D eigenvalue weighted by Gasteiger charge is -2.15. The Morgan fingerprint density at radius 2 is 2.03 bits per heavy atom. The zero-order chi connectivity index (χ0) is 22.9. The van der Waals surface area contributed by atoms with Crippen molar-refractivity contribution in [2.75, 3.05) is 18.5 Å². The third-order valence-corrected chi connectivity index (χ3v) is 6.20. The summed E-state index contributed by atoms with van der Waals surface area (Å²) in [5.41, 5.74) is 2.64. The monoisotopic (exact) mass is 472 g/mol. The molecule has 3 aromatic rings. The number of aromatic nitrogens is 3. The van der Waals surface area contributed by atoms with Gasteiger partial charge in [-0.05, 0) is 36.6 Å². The van der Waals surface area contributed by atoms with Gasteiger partial charge in [0.25, 0.3) is 11.9 Å². The van der Waals surface area contributed by atoms with E-state index in [4.69, 9.17) is 25.8 Å². The average molecular weight is 473 g/mol. The van der Waals surface area contributed by atoms with E-state index in [9.17, 15) is 9.90 Å². The van der Waals surface area contributed by atoms with Gasteiger partial charge in [0.2, 0.25) is 0 Å². The molecule has 0 radical (unpaired) electrons. The Hall–Kier alpha value is -2.72. The molecule has 33 heavy (non-hydrogen) atoms. The molecule has 4 atom stereocenters. The summed E-state index contributed by atoms with van der Waals surface area (Å²) in [5, 5.41) is 12.9. The van der Waals surface area contributed by atoms with Crippen LogP contribution in [0.15, 0.2) is 30.3 Å². The minimum absolute atomic E-state index is 0.216. The van der Waals surface area contributed by atoms with Gasteiger partial charge < -0.3 is 29.6 Å². The maximum Gasteiger partial charge on any atom is 0.296 e. The highest BCUT2D eigenvalue weighted by Gasteiger charge is 2.48. The topological polar surface area (TPSA) is 119 Å². The van der Waals surface area contributed by atoms with Crippen molar-refractivity contribution >= 4 is 34.5 Å². The largest absolute Gasteiger partial charge is 0.456 e. The van der Waals surface area contributed by atoms with Gasteiger partial charge in [0, 0.05) is 5.56 Å². The normalized spacial score (nSPS) is 24.2. The number of aliphatic hydroxyl groups excluding tert-OH is 1. The second kappa shape index (κ2) is 9.26. The molecule has 174 valence electrons. The van der Waals surface area contributed by atoms with E-state index in [-0.39, 0.29) is 42.1 Å². The number of benzene rings is 1. The van der Waals surface area contributed by atoms with Crippen LogP contribution in [-0.2, 0) is 15.9 Å². The fourth-order valence-corrected chi connectivity index (χ4v) is 4.31. The van der Waals surface area contributed by atoms with E-state index < -0.39 is 18.3 Å². The fraction of sp³-hybridized carbons (Fsp3) is 0.435. The van der Waals surface area contributed by atoms with Crippen molar-refractivity contribution in [2.45, 2.75) is 50.6 Å². The number of aromatic amines is 1. The van der Waals surface area contributed by atoms with Crippen LogP contribution < -0.4 is 10.1 Å². The first-order valence-corrected chi connectivity index (χ1v) is 11.4. The number of carbonyl (C=O) groups is 1. The molecule has 0 aliphatic carbocycles. The Morgan fingerprint density at radius 1 is 1.24 bits per heavy atom. The number of ether oxygens (including phenoxy) is 3. The number of anilines is 1. The number of carbonyl (C=O) groups excluding carboxylic acids is 1. The Morgan fingerprint density at radius 3 is 2.82 bits per heavy atom. The number of imidazole rings is 1. The standard InChI is InChI=1S/C23H25ClN4O5/c1-2-3-4-12-5-7-13(8-6-12)22(30)27-20-14(24)9-15-21(26-20)28-23(25-15)33-17-11-32-18-16(29)10-31-19(17)18/h5-9,16-19,29H,2-4,10-11H2,1H3,(H2,25,26,27,28,30)/t16-,17-,18-,19-/m1/s1. The predicted molar refractivity (Wildman–Crippen MR) is 122 cm³/mol. The van der Waals surface area contributed by atoms with Gasteiger partial charge in [-0.15, -0.1) is 0 Å². The molecule has 2 aromatic heterocycles. The third-order valence-electron chi connectivity index (χ3n) is 5.92. The first-order chi connectivity index (χ1) is 16.0. The summed E-state index contributed by atoms with van der Waals surface area (Å²) in [4.78, 5) is 24.4. The average Bonchev–Trinajstić information content (AvgIpc) is 3.50. The zero-order valence-corrected chi connectivity index (χ0v) is 18.8. The summed E-state index contributed by atoms with van der Waals surface area (Å²) in [7, 11) is 0. The molecule has 0 unspecified atom stereocenters. The second-order valence-electron chi connectivity index (χ2n) is 8.31. The van der Waals surface area contributed by atoms with Crippen LogP contribution in [0.3, 0.4) is 0 Å². The fourth-order valence-electron chi connectivity index (χ4n) is 4.11. The van der Waals surface area contributed by atoms with Gasteiger partial charge in [0.15, 0.2) is 17.6 Å². The number of H-pyrrole nitrogens is 1. The van der Waals surface area contributed by atoms with Crippen molar-refractivity contribution in [1.82, 2.24) is 15.0 Å². The SMILES string of the molecule is CCCCc1ccc(C(=O)Nc2nc3nc(O[C@@H]4CO[C@H]5[C@@H]4OC[C@H]5O)[nH]c3cc2Cl)cc1. The third kappa shape index (κ3) is 4.54. The summed E-state index contributed by atoms with van der Waals surface area (Å²) in [5.74, 6) is -0.0855. The van der Waals surface area contributed by atoms with E-state index in [2.05, 4.69) is 27.2 Å². The Bertz CT molecular complexity index is 1150. The number of rotatable bonds is 7. The van der Waals surface area contributed by atoms with E-state index in [0.717, 1.165) is 19.3 Å². The molecule has 9 nitrogen and oxygen atoms in total. The van der Waals surface area contributed by atoms with E-state index in [1.54, 1.807) is 18.2 Å². The molecule has 0 bridgehead atoms. The lowest BCUT2D eigenvalue weighted by Crippen LogP contribution is -2.34. The molecule has 0 saturated carbocycles. The van der Waals surface area contributed by atoms with Crippen LogP contribution in [0.2, 0.25) is 5.02 Å². The number of halogens is 1. The molecule has 2 fully saturated rings. The van der Waals surface area contributed by atoms with E-state index >= 15 is 0 Å². The summed E-state index contributed by atoms with van der Waals surface area (Å²) in [6, 6.07) is 9.39. The van der Waals surface area contributed by atoms with Gasteiger partial charge >= 0.3 is 0 Å². The van der Waals surface area contributed by atoms with Gasteiger partial charge in [0.05, 0.1) is 23.8 Å². The number of pyridine rings is 1. The molecule has 10 heteroatoms. The van der Waals surface area contributed by atoms with Gasteiger partial charge in [-0.1, -0.05) is 37.1 Å². The first kappa shape index (κ1) is 22.1. The highest BCUT2D eigenvalue weighted by atomic mass is 35.5. The summed E-state index contributed by atoms with van der Waals surface area (Å²) >= 11 is 6.35. The van der Waals surface area contributed by atoms with Crippen molar-refractivity contribution < 1.29 is 24.1 Å². The van der Waals surface area contributed by atoms with Crippen LogP contribution in [0.5, 0.6) is 6.01 Å². The number of hydrogen-bond donors (Lipinski definition) is 3. The number of aryl methyl sites for hydroxylation is 1. The Labute approximate surface area is 195 Å². The summed E-state index contributed by atoms with van der Waals surface area (Å²) in [6.07, 6.45) is 1.43. The smallest absolute Gasteiger partial charge is 0.296 e. The molecular formula is C23H25ClN4O5. The van der Waals surface area contributed by atoms with Gasteiger partial charge in [0.1, 0.15) is 18.3 Å². The number of nitrogens with zero attached hydrogens (tertiary/aromatic N) is 2. The number of aliphatic hydroxyl groups is 1. The maximum absolute atomic E-state index is 12.7. The minimum atomic E-state index is -0.654. The number of unbranched alkanes of at least 4 members (excludes halogenated alkanes) is 1. The van der Waals surface area contributed by atoms with Crippen molar-refractivity contribution in [3.8, 4) is 6.01 Å². The van der Waals surface area contributed by atoms with E-state index in [1.807, 2.05) is 12.1 Å². The number of fused-ring (bicyclic) bond motifs is 2. The lowest BCUT2D eigenvalue weighted by molar-refractivity contribution is 0.00706. The van der Waals surface area contributed by atoms with Gasteiger partial charge in [-0.3, -0.25) is 4.79 Å². The first-order valence-electron chi connectivity index (χ1n) is 11.1. The Kier molecular flexibility index (Phi) is 6.20. The van der Waals surface area contributed by atoms with Crippen LogP contribution in [0.1, 0.15) is 35.7 Å². The predicted octanol–water partition coefficient (Wildman–Crippen LogP) is 3.11. The van der Waals surface area contributed by atoms with Crippen LogP contribution in [0.25, 0.3) is 11.2 Å². The van der Waals surface area contributed by atoms with E-state index in [1.165, 1.54) is 5.56 Å². The number of amides is 1. The van der Waals surface area contributed by atoms with Crippen molar-refractivity contribution in [3.05, 3.63) is 46.5 Å². The Balaban J connectivity index is 1.28. The van der Waals surface area contributed by atoms with Crippen LogP contribution in [0.4, 0.5) is 5.82 Å². The highest BCUT2D eigenvalue weighted by molar-refractivity contribution is 6.34. The molecule has 4 heterocycles. The van der Waals surface area contributed by atoms with E-state index in [0.29, 0.717) is 16.7 Å². The molecule has 2 aliphatic heterocycles. The highest BCUT2D eigenvalue weighted by Crippen LogP contribution is 2.31. The number of hydrogen-bond acceptors (Lipinski definition) is 7. The van der Waals surface area contributed by atoms with Crippen molar-refractivity contribution in [2.24, 2.45) is 0 Å². The maximum atomic E-state index is 12.7. The molecule has 3 N–H and O–H groups in total. The molecule has 0 spiro atoms. The molecule has 1 aromatic carbocycles. The molecule has 2 saturated heterocycles. The van der Waals surface area contributed by atoms with Crippen LogP contribution >= 0.6 is 11.6 Å². The second-order valence-corrected chi connectivity index (χ2v) is 8.71. The zero-order valence-electron chi connectivity index (χ0n) is 18.1. The lowest BCUT2D eigenvalue weighted by atomic mass is 10.1. The van der Waals surface area contributed by atoms with Crippen molar-refractivity contribution in [1.29, 1.82) is 0 Å². The minimum Gasteiger partial charge on any atom is -0.456 e. The van der Waals surface area contributed by atoms with Gasteiger partial charge in [-0.2, -0.15) is 4.98 Å². The van der Waals surface area contributed by atoms with Crippen LogP contribution in [0, 0.1) is 0 Å². The van der Waals surface area contributed by atoms with Crippen molar-refractivity contribution in [3.63, 3.8) is 0 Å². The summed E-state index contributed by atoms with van der Waals surface area (Å²) < 4.78 is 17.0. The molecular weight excluding hydrogens is 448 g/mol. The van der Waals surface area contributed by atoms with Crippen LogP contribution in [-0.4, -0.2) is 63.6 Å². The quantitative estimate of drug-likeness (QED) is 0.483. The summed E-state index contributed by atoms with van der Waals surface area (Å²) in [6.45, 7) is 2.66. The molecule has 1 amide bonds. The molecule has 5 rings (SSSR count). The number of nitrogens with one attached hydrogen (secondary N) is 2. The molecule has 2 aliphatic rings. The van der Waals surface area contributed by atoms with Gasteiger partial charge in [-0.25, -0.2) is 4.98 Å².